The first-order chi connectivity index (χ1) is 17.3. The van der Waals surface area contributed by atoms with E-state index in [0.717, 1.165) is 43.9 Å². The fourth-order valence-electron chi connectivity index (χ4n) is 11.5. The van der Waals surface area contributed by atoms with Gasteiger partial charge in [-0.25, -0.2) is 0 Å². The zero-order valence-electron chi connectivity index (χ0n) is 24.8. The summed E-state index contributed by atoms with van der Waals surface area (Å²) in [6.07, 6.45) is 19.1. The smallest absolute Gasteiger partial charge is 0.223 e. The normalized spacial score (nSPS) is 48.6. The second-order valence-electron chi connectivity index (χ2n) is 16.6. The van der Waals surface area contributed by atoms with Crippen molar-refractivity contribution >= 4 is 5.91 Å². The van der Waals surface area contributed by atoms with Crippen LogP contribution in [-0.4, -0.2) is 22.7 Å². The summed E-state index contributed by atoms with van der Waals surface area (Å²) in [4.78, 5) is 13.5. The summed E-state index contributed by atoms with van der Waals surface area (Å²) < 4.78 is 0. The lowest BCUT2D eigenvalue weighted by Gasteiger charge is -2.67. The minimum absolute atomic E-state index is 0.0164. The van der Waals surface area contributed by atoms with Crippen molar-refractivity contribution in [3.8, 4) is 0 Å². The lowest BCUT2D eigenvalue weighted by atomic mass is 9.38. The van der Waals surface area contributed by atoms with Gasteiger partial charge in [0.05, 0.1) is 6.10 Å². The number of hydrogen-bond acceptors (Lipinski definition) is 2. The molecule has 6 aliphatic rings. The molecule has 0 heterocycles. The highest BCUT2D eigenvalue weighted by Gasteiger charge is 2.64. The van der Waals surface area contributed by atoms with Gasteiger partial charge in [-0.1, -0.05) is 66.0 Å². The van der Waals surface area contributed by atoms with Crippen LogP contribution in [-0.2, 0) is 4.79 Å². The molecule has 6 rings (SSSR count). The van der Waals surface area contributed by atoms with Gasteiger partial charge in [0.2, 0.25) is 5.91 Å². The minimum Gasteiger partial charge on any atom is -0.393 e. The zero-order valence-corrected chi connectivity index (χ0v) is 24.8. The van der Waals surface area contributed by atoms with Gasteiger partial charge < -0.3 is 10.4 Å². The summed E-state index contributed by atoms with van der Waals surface area (Å²) in [5, 5.41) is 14.7. The highest BCUT2D eigenvalue weighted by molar-refractivity contribution is 5.80. The van der Waals surface area contributed by atoms with Crippen molar-refractivity contribution < 1.29 is 9.90 Å². The van der Waals surface area contributed by atoms with Crippen LogP contribution in [0.1, 0.15) is 131 Å². The number of nitrogens with one attached hydrogen (secondary N) is 1. The Morgan fingerprint density at radius 1 is 0.865 bits per heavy atom. The van der Waals surface area contributed by atoms with Gasteiger partial charge in [-0.05, 0) is 116 Å². The molecule has 1 amide bonds. The fraction of sp³-hybridized carbons (Fsp3) is 0.912. The van der Waals surface area contributed by atoms with Crippen LogP contribution in [0.2, 0.25) is 0 Å². The quantitative estimate of drug-likeness (QED) is 0.373. The molecule has 8 atom stereocenters. The van der Waals surface area contributed by atoms with Gasteiger partial charge in [-0.3, -0.25) is 4.79 Å². The summed E-state index contributed by atoms with van der Waals surface area (Å²) in [5.74, 6) is 3.21. The number of rotatable bonds is 2. The van der Waals surface area contributed by atoms with Gasteiger partial charge in [-0.15, -0.1) is 0 Å². The predicted molar refractivity (Wildman–Crippen MR) is 151 cm³/mol. The first-order valence-corrected chi connectivity index (χ1v) is 16.0. The maximum absolute atomic E-state index is 13.5. The van der Waals surface area contributed by atoms with Crippen molar-refractivity contribution in [2.24, 2.45) is 51.2 Å². The lowest BCUT2D eigenvalue weighted by molar-refractivity contribution is -0.169. The van der Waals surface area contributed by atoms with Crippen LogP contribution in [0.15, 0.2) is 11.6 Å². The molecule has 0 radical (unpaired) electrons. The van der Waals surface area contributed by atoms with E-state index in [4.69, 9.17) is 0 Å². The molecule has 6 aliphatic carbocycles. The lowest BCUT2D eigenvalue weighted by Crippen LogP contribution is -2.65. The Labute approximate surface area is 227 Å². The van der Waals surface area contributed by atoms with Crippen molar-refractivity contribution in [3.63, 3.8) is 0 Å². The number of aliphatic hydroxyl groups is 1. The topological polar surface area (TPSA) is 49.3 Å². The summed E-state index contributed by atoms with van der Waals surface area (Å²) in [6.45, 7) is 14.9. The molecule has 0 aromatic rings. The summed E-state index contributed by atoms with van der Waals surface area (Å²) in [7, 11) is 0. The molecule has 3 heteroatoms. The third kappa shape index (κ3) is 3.86. The van der Waals surface area contributed by atoms with Crippen molar-refractivity contribution in [2.75, 3.05) is 0 Å². The van der Waals surface area contributed by atoms with Gasteiger partial charge in [0.1, 0.15) is 0 Å². The number of allylic oxidation sites excluding steroid dienone is 1. The van der Waals surface area contributed by atoms with Gasteiger partial charge in [0, 0.05) is 17.4 Å². The number of fused-ring (bicyclic) bond motifs is 7. The number of amides is 1. The first-order valence-electron chi connectivity index (χ1n) is 16.0. The van der Waals surface area contributed by atoms with E-state index < -0.39 is 0 Å². The molecule has 0 bridgehead atoms. The van der Waals surface area contributed by atoms with Crippen LogP contribution < -0.4 is 5.32 Å². The molecule has 0 aromatic heterocycles. The largest absolute Gasteiger partial charge is 0.393 e. The van der Waals surface area contributed by atoms with Crippen molar-refractivity contribution in [3.05, 3.63) is 11.6 Å². The number of carbonyl (C=O) groups excluding carboxylic acids is 1. The number of aliphatic hydroxyl groups excluding tert-OH is 1. The van der Waals surface area contributed by atoms with Gasteiger partial charge >= 0.3 is 0 Å². The number of hydrogen-bond donors (Lipinski definition) is 2. The summed E-state index contributed by atoms with van der Waals surface area (Å²) in [5.41, 5.74) is 2.66. The molecule has 1 unspecified atom stereocenters. The van der Waals surface area contributed by atoms with E-state index in [1.54, 1.807) is 5.57 Å². The Kier molecular flexibility index (Phi) is 6.12. The van der Waals surface area contributed by atoms with Crippen LogP contribution in [0.3, 0.4) is 0 Å². The molecule has 0 aromatic carbocycles. The van der Waals surface area contributed by atoms with E-state index in [-0.39, 0.29) is 28.4 Å². The molecule has 208 valence electrons. The summed E-state index contributed by atoms with van der Waals surface area (Å²) in [6, 6.07) is 0. The third-order valence-electron chi connectivity index (χ3n) is 13.9. The standard InChI is InChI=1S/C34H55NO2/c1-30(2)17-19-34(35-29(37)22-9-7-8-10-22)20-18-32(5)23-13-14-27-31(3,4)28(36)15-16-33(27,6)24(23)11-12-25(32)26(34)21-30/h12,22-24,26-28,36H,7-11,13-21H2,1-6H3,(H,35,37)/t23?,24-,26-,27-,28-,32-,33+,34-/m0/s1. The van der Waals surface area contributed by atoms with E-state index in [1.807, 2.05) is 0 Å². The second-order valence-corrected chi connectivity index (χ2v) is 16.6. The molecule has 2 N–H and O–H groups in total. The molecule has 3 nitrogen and oxygen atoms in total. The van der Waals surface area contributed by atoms with Crippen LogP contribution >= 0.6 is 0 Å². The molecule has 5 saturated carbocycles. The predicted octanol–water partition coefficient (Wildman–Crippen LogP) is 7.82. The molecular formula is C34H55NO2. The Morgan fingerprint density at radius 2 is 1.57 bits per heavy atom. The molecule has 5 fully saturated rings. The van der Waals surface area contributed by atoms with Crippen LogP contribution in [0.5, 0.6) is 0 Å². The Balaban J connectivity index is 1.34. The SMILES string of the molecule is CC1(C)CC[C@]2(NC(=O)C3CCCC3)CC[C@]3(C)C(=CC[C@H]4C3CC[C@H]3C(C)(C)[C@@H](O)CC[C@]43C)[C@@H]2C1. The van der Waals surface area contributed by atoms with E-state index in [2.05, 4.69) is 52.9 Å². The Bertz CT molecular complexity index is 959. The van der Waals surface area contributed by atoms with Crippen LogP contribution in [0.25, 0.3) is 0 Å². The zero-order chi connectivity index (χ0) is 26.4. The maximum Gasteiger partial charge on any atom is 0.223 e. The third-order valence-corrected chi connectivity index (χ3v) is 13.9. The highest BCUT2D eigenvalue weighted by atomic mass is 16.3. The van der Waals surface area contributed by atoms with Crippen molar-refractivity contribution in [1.82, 2.24) is 5.32 Å². The molecule has 37 heavy (non-hydrogen) atoms. The molecule has 0 aliphatic heterocycles. The van der Waals surface area contributed by atoms with Crippen molar-refractivity contribution in [2.45, 2.75) is 143 Å². The van der Waals surface area contributed by atoms with Crippen LogP contribution in [0.4, 0.5) is 0 Å². The molecule has 0 spiro atoms. The van der Waals surface area contributed by atoms with E-state index in [9.17, 15) is 9.90 Å². The first kappa shape index (κ1) is 26.4. The molecular weight excluding hydrogens is 454 g/mol. The average molecular weight is 510 g/mol. The minimum atomic E-state index is -0.157. The highest BCUT2D eigenvalue weighted by Crippen LogP contribution is 2.70. The number of carbonyl (C=O) groups is 1. The maximum atomic E-state index is 13.5. The second kappa shape index (κ2) is 8.58. The fourth-order valence-corrected chi connectivity index (χ4v) is 11.5. The van der Waals surface area contributed by atoms with E-state index in [1.165, 1.54) is 57.8 Å². The monoisotopic (exact) mass is 509 g/mol. The molecule has 0 saturated heterocycles. The summed E-state index contributed by atoms with van der Waals surface area (Å²) >= 11 is 0. The Hall–Kier alpha value is -0.830. The van der Waals surface area contributed by atoms with Crippen LogP contribution in [0, 0.1) is 51.2 Å². The van der Waals surface area contributed by atoms with Gasteiger partial charge in [0.15, 0.2) is 0 Å². The average Bonchev–Trinajstić information content (AvgIpc) is 3.38. The van der Waals surface area contributed by atoms with Gasteiger partial charge in [0.25, 0.3) is 0 Å². The van der Waals surface area contributed by atoms with E-state index in [0.29, 0.717) is 28.6 Å². The van der Waals surface area contributed by atoms with Gasteiger partial charge in [-0.2, -0.15) is 0 Å². The Morgan fingerprint density at radius 3 is 2.30 bits per heavy atom. The van der Waals surface area contributed by atoms with Crippen molar-refractivity contribution in [1.29, 1.82) is 0 Å². The van der Waals surface area contributed by atoms with E-state index >= 15 is 0 Å².